The highest BCUT2D eigenvalue weighted by Gasteiger charge is 2.23. The quantitative estimate of drug-likeness (QED) is 0.445. The van der Waals surface area contributed by atoms with Crippen LogP contribution >= 0.6 is 23.7 Å². The van der Waals surface area contributed by atoms with Crippen molar-refractivity contribution in [1.82, 2.24) is 14.6 Å². The predicted molar refractivity (Wildman–Crippen MR) is 112 cm³/mol. The first-order chi connectivity index (χ1) is 12.7. The molecule has 10 heteroatoms. The van der Waals surface area contributed by atoms with E-state index in [2.05, 4.69) is 10.3 Å². The van der Waals surface area contributed by atoms with Crippen molar-refractivity contribution in [3.05, 3.63) is 51.2 Å². The van der Waals surface area contributed by atoms with E-state index >= 15 is 0 Å². The van der Waals surface area contributed by atoms with E-state index in [0.717, 1.165) is 15.7 Å². The number of aryl methyl sites for hydroxylation is 2. The zero-order valence-corrected chi connectivity index (χ0v) is 18.5. The van der Waals surface area contributed by atoms with Crippen molar-refractivity contribution in [1.29, 1.82) is 0 Å². The molecule has 0 saturated carbocycles. The fourth-order valence-corrected chi connectivity index (χ4v) is 4.10. The van der Waals surface area contributed by atoms with Gasteiger partial charge in [-0.3, -0.25) is 4.79 Å². The number of halogens is 2. The highest BCUT2D eigenvalue weighted by Crippen LogP contribution is 2.19. The molecule has 0 fully saturated rings. The number of benzene rings is 1. The summed E-state index contributed by atoms with van der Waals surface area (Å²) < 4.78 is 38.3. The number of sulfonamides is 1. The third kappa shape index (κ3) is 6.89. The van der Waals surface area contributed by atoms with E-state index < -0.39 is 21.6 Å². The van der Waals surface area contributed by atoms with Crippen LogP contribution < -0.4 is 5.32 Å². The van der Waals surface area contributed by atoms with Crippen LogP contribution in [-0.2, 0) is 23.0 Å². The van der Waals surface area contributed by atoms with Gasteiger partial charge in [0.2, 0.25) is 10.0 Å². The fraction of sp³-hybridized carbons (Fsp3) is 0.444. The van der Waals surface area contributed by atoms with Crippen LogP contribution in [0.3, 0.4) is 0 Å². The molecule has 2 aromatic rings. The highest BCUT2D eigenvalue weighted by atomic mass is 35.5. The van der Waals surface area contributed by atoms with Gasteiger partial charge in [0.15, 0.2) is 5.78 Å². The molecule has 156 valence electrons. The molecule has 0 atom stereocenters. The van der Waals surface area contributed by atoms with Crippen LogP contribution in [0.4, 0.5) is 4.39 Å². The van der Waals surface area contributed by atoms with Crippen LogP contribution in [-0.4, -0.2) is 49.9 Å². The molecule has 0 radical (unpaired) electrons. The first-order valence-electron chi connectivity index (χ1n) is 8.54. The number of hydrogen-bond donors (Lipinski definition) is 1. The van der Waals surface area contributed by atoms with Crippen LogP contribution in [0.2, 0.25) is 0 Å². The molecule has 1 aromatic heterocycles. The van der Waals surface area contributed by atoms with Crippen molar-refractivity contribution in [2.75, 3.05) is 26.4 Å². The molecule has 0 unspecified atom stereocenters. The second kappa shape index (κ2) is 11.0. The fourth-order valence-electron chi connectivity index (χ4n) is 2.45. The maximum atomic E-state index is 13.5. The second-order valence-corrected chi connectivity index (χ2v) is 9.82. The van der Waals surface area contributed by atoms with E-state index in [0.29, 0.717) is 30.0 Å². The van der Waals surface area contributed by atoms with Crippen molar-refractivity contribution in [2.24, 2.45) is 0 Å². The predicted octanol–water partition coefficient (Wildman–Crippen LogP) is 2.81. The zero-order valence-electron chi connectivity index (χ0n) is 16.1. The minimum absolute atomic E-state index is 0. The van der Waals surface area contributed by atoms with Gasteiger partial charge in [-0.25, -0.2) is 22.1 Å². The molecule has 0 saturated heterocycles. The lowest BCUT2D eigenvalue weighted by molar-refractivity contribution is 0.101. The summed E-state index contributed by atoms with van der Waals surface area (Å²) in [6, 6.07) is 6.72. The Morgan fingerprint density at radius 3 is 2.61 bits per heavy atom. The van der Waals surface area contributed by atoms with Gasteiger partial charge in [0, 0.05) is 25.5 Å². The van der Waals surface area contributed by atoms with Gasteiger partial charge >= 0.3 is 0 Å². The summed E-state index contributed by atoms with van der Waals surface area (Å²) in [6.07, 6.45) is 1.42. The molecule has 0 aliphatic heterocycles. The summed E-state index contributed by atoms with van der Waals surface area (Å²) in [5, 5.41) is 3.95. The third-order valence-electron chi connectivity index (χ3n) is 4.01. The molecule has 28 heavy (non-hydrogen) atoms. The summed E-state index contributed by atoms with van der Waals surface area (Å²) in [4.78, 5) is 17.2. The topological polar surface area (TPSA) is 79.4 Å². The van der Waals surface area contributed by atoms with Crippen molar-refractivity contribution in [3.63, 3.8) is 0 Å². The number of aromatic nitrogens is 1. The molecule has 6 nitrogen and oxygen atoms in total. The van der Waals surface area contributed by atoms with Gasteiger partial charge in [-0.05, 0) is 37.9 Å². The Morgan fingerprint density at radius 2 is 1.96 bits per heavy atom. The monoisotopic (exact) mass is 449 g/mol. The van der Waals surface area contributed by atoms with Crippen LogP contribution in [0, 0.1) is 12.7 Å². The van der Waals surface area contributed by atoms with Crippen molar-refractivity contribution in [2.45, 2.75) is 26.3 Å². The lowest BCUT2D eigenvalue weighted by Crippen LogP contribution is -2.29. The Morgan fingerprint density at radius 1 is 1.29 bits per heavy atom. The molecule has 0 spiro atoms. The number of Topliss-reactive ketones (excluding diaryl/α,β-unsaturated/α-hetero) is 1. The lowest BCUT2D eigenvalue weighted by atomic mass is 10.1. The van der Waals surface area contributed by atoms with Gasteiger partial charge in [0.25, 0.3) is 0 Å². The van der Waals surface area contributed by atoms with Gasteiger partial charge in [-0.2, -0.15) is 0 Å². The summed E-state index contributed by atoms with van der Waals surface area (Å²) >= 11 is 1.37. The summed E-state index contributed by atoms with van der Waals surface area (Å²) in [5.41, 5.74) is 0.910. The van der Waals surface area contributed by atoms with Gasteiger partial charge in [-0.15, -0.1) is 23.7 Å². The molecule has 1 aromatic carbocycles. The average Bonchev–Trinajstić information content (AvgIpc) is 2.96. The Bertz CT molecular complexity index is 901. The lowest BCUT2D eigenvalue weighted by Gasteiger charge is -2.09. The number of nitrogens with zero attached hydrogens (tertiary/aromatic N) is 2. The van der Waals surface area contributed by atoms with E-state index in [-0.39, 0.29) is 23.9 Å². The average molecular weight is 450 g/mol. The normalized spacial score (nSPS) is 11.5. The van der Waals surface area contributed by atoms with E-state index in [1.807, 2.05) is 6.07 Å². The summed E-state index contributed by atoms with van der Waals surface area (Å²) in [5.74, 6) is -1.27. The van der Waals surface area contributed by atoms with Crippen molar-refractivity contribution in [3.8, 4) is 0 Å². The van der Waals surface area contributed by atoms with E-state index in [4.69, 9.17) is 0 Å². The Hall–Kier alpha value is -1.39. The Balaban J connectivity index is 0.00000392. The van der Waals surface area contributed by atoms with Crippen molar-refractivity contribution < 1.29 is 17.6 Å². The van der Waals surface area contributed by atoms with Gasteiger partial charge in [-0.1, -0.05) is 18.2 Å². The van der Waals surface area contributed by atoms with Crippen molar-refractivity contribution >= 4 is 39.6 Å². The van der Waals surface area contributed by atoms with E-state index in [1.165, 1.54) is 31.5 Å². The number of ketones is 1. The second-order valence-electron chi connectivity index (χ2n) is 6.35. The SMILES string of the molecule is Cc1sc(CNCCCc2ccccc2F)nc1C(=O)CS(=O)(=O)N(C)C.Cl. The van der Waals surface area contributed by atoms with Crippen LogP contribution in [0.15, 0.2) is 24.3 Å². The largest absolute Gasteiger partial charge is 0.310 e. The van der Waals surface area contributed by atoms with Gasteiger partial charge in [0.1, 0.15) is 22.3 Å². The maximum Gasteiger partial charge on any atom is 0.221 e. The molecule has 0 bridgehead atoms. The Labute approximate surface area is 175 Å². The van der Waals surface area contributed by atoms with Gasteiger partial charge in [0.05, 0.1) is 0 Å². The molecule has 0 aliphatic carbocycles. The number of thiazole rings is 1. The number of hydrogen-bond acceptors (Lipinski definition) is 6. The number of rotatable bonds is 10. The van der Waals surface area contributed by atoms with E-state index in [1.54, 1.807) is 19.1 Å². The third-order valence-corrected chi connectivity index (χ3v) is 6.72. The molecular formula is C18H25ClFN3O3S2. The molecule has 0 amide bonds. The molecular weight excluding hydrogens is 425 g/mol. The molecule has 1 heterocycles. The molecule has 0 aliphatic rings. The standard InChI is InChI=1S/C18H24FN3O3S2.ClH/c1-13-18(16(23)12-27(24,25)22(2)3)21-17(26-13)11-20-10-6-8-14-7-4-5-9-15(14)19;/h4-5,7,9,20H,6,8,10-12H2,1-3H3;1H. The maximum absolute atomic E-state index is 13.5. The highest BCUT2D eigenvalue weighted by molar-refractivity contribution is 7.89. The number of nitrogens with one attached hydrogen (secondary N) is 1. The summed E-state index contributed by atoms with van der Waals surface area (Å²) in [6.45, 7) is 2.93. The minimum atomic E-state index is -3.61. The number of carbonyl (C=O) groups excluding carboxylic acids is 1. The number of carbonyl (C=O) groups is 1. The van der Waals surface area contributed by atoms with Crippen LogP contribution in [0.5, 0.6) is 0 Å². The van der Waals surface area contributed by atoms with Crippen LogP contribution in [0.1, 0.15) is 32.4 Å². The molecule has 1 N–H and O–H groups in total. The van der Waals surface area contributed by atoms with Crippen LogP contribution in [0.25, 0.3) is 0 Å². The van der Waals surface area contributed by atoms with Gasteiger partial charge < -0.3 is 5.32 Å². The summed E-state index contributed by atoms with van der Waals surface area (Å²) in [7, 11) is -0.813. The zero-order chi connectivity index (χ0) is 20.0. The minimum Gasteiger partial charge on any atom is -0.310 e. The Kier molecular flexibility index (Phi) is 9.65. The molecule has 2 rings (SSSR count). The smallest absolute Gasteiger partial charge is 0.221 e. The van der Waals surface area contributed by atoms with E-state index in [9.17, 15) is 17.6 Å². The first-order valence-corrected chi connectivity index (χ1v) is 11.0. The first kappa shape index (κ1) is 24.6.